The number of hydrogen-bond acceptors (Lipinski definition) is 3. The molecule has 1 fully saturated rings. The maximum Gasteiger partial charge on any atom is 0.275 e. The summed E-state index contributed by atoms with van der Waals surface area (Å²) in [5.74, 6) is 1.14. The first-order valence-corrected chi connectivity index (χ1v) is 10.3. The number of H-pyrrole nitrogens is 1. The summed E-state index contributed by atoms with van der Waals surface area (Å²) in [5.41, 5.74) is 1.94. The van der Waals surface area contributed by atoms with E-state index < -0.39 is 0 Å². The lowest BCUT2D eigenvalue weighted by atomic mass is 10.1. The normalized spacial score (nSPS) is 15.4. The van der Waals surface area contributed by atoms with Gasteiger partial charge in [0.2, 0.25) is 0 Å². The number of amides is 1. The van der Waals surface area contributed by atoms with Gasteiger partial charge in [-0.2, -0.15) is 0 Å². The van der Waals surface area contributed by atoms with Crippen LogP contribution < -0.4 is 10.9 Å². The molecular formula is C24H29N3O3. The van der Waals surface area contributed by atoms with Gasteiger partial charge in [-0.1, -0.05) is 18.2 Å². The highest BCUT2D eigenvalue weighted by Crippen LogP contribution is 2.27. The van der Waals surface area contributed by atoms with E-state index in [4.69, 9.17) is 4.74 Å². The van der Waals surface area contributed by atoms with Crippen LogP contribution in [0.2, 0.25) is 0 Å². The fourth-order valence-corrected chi connectivity index (χ4v) is 3.16. The molecule has 2 aromatic heterocycles. The van der Waals surface area contributed by atoms with Gasteiger partial charge in [-0.05, 0) is 56.9 Å². The van der Waals surface area contributed by atoms with Crippen molar-refractivity contribution in [1.29, 1.82) is 0 Å². The summed E-state index contributed by atoms with van der Waals surface area (Å²) in [6.45, 7) is 4.99. The van der Waals surface area contributed by atoms with Crippen molar-refractivity contribution in [2.24, 2.45) is 5.92 Å². The smallest absolute Gasteiger partial charge is 0.275 e. The highest BCUT2D eigenvalue weighted by molar-refractivity contribution is 5.96. The molecule has 158 valence electrons. The maximum atomic E-state index is 12.6. The minimum atomic E-state index is -0.0796. The number of carbonyl (C=O) groups is 1. The molecule has 1 aliphatic carbocycles. The van der Waals surface area contributed by atoms with Gasteiger partial charge in [0.05, 0.1) is 7.11 Å². The third-order valence-electron chi connectivity index (χ3n) is 5.15. The third-order valence-corrected chi connectivity index (χ3v) is 5.15. The van der Waals surface area contributed by atoms with Crippen LogP contribution in [-0.4, -0.2) is 29.1 Å². The van der Waals surface area contributed by atoms with E-state index in [-0.39, 0.29) is 11.5 Å². The molecule has 0 radical (unpaired) electrons. The molecule has 0 bridgehead atoms. The Hall–Kier alpha value is -3.28. The molecule has 3 rings (SSSR count). The molecule has 1 amide bonds. The van der Waals surface area contributed by atoms with Gasteiger partial charge in [-0.25, -0.2) is 0 Å². The van der Waals surface area contributed by atoms with Crippen LogP contribution in [0.4, 0.5) is 0 Å². The number of nitrogens with zero attached hydrogens (tertiary/aromatic N) is 1. The first kappa shape index (κ1) is 21.4. The van der Waals surface area contributed by atoms with Crippen molar-refractivity contribution in [2.45, 2.75) is 33.2 Å². The largest absolute Gasteiger partial charge is 0.497 e. The minimum absolute atomic E-state index is 0.0664. The molecule has 0 atom stereocenters. The van der Waals surface area contributed by atoms with Crippen molar-refractivity contribution >= 4 is 22.9 Å². The molecule has 2 aromatic rings. The SMILES string of the molecule is C/C=C/Cn1cc(/C=C(/C=C\C(=C/C)C(=O)NCC2CC2)OC)c2cc[nH]c2c1=O. The molecule has 0 spiro atoms. The molecule has 0 saturated heterocycles. The Morgan fingerprint density at radius 3 is 2.80 bits per heavy atom. The van der Waals surface area contributed by atoms with Gasteiger partial charge in [0.1, 0.15) is 11.3 Å². The van der Waals surface area contributed by atoms with Crippen molar-refractivity contribution in [3.63, 3.8) is 0 Å². The molecule has 1 saturated carbocycles. The first-order chi connectivity index (χ1) is 14.6. The third kappa shape index (κ3) is 5.20. The molecule has 0 unspecified atom stereocenters. The Bertz CT molecular complexity index is 1080. The summed E-state index contributed by atoms with van der Waals surface area (Å²) in [6, 6.07) is 1.88. The number of nitrogens with one attached hydrogen (secondary N) is 2. The number of aromatic nitrogens is 2. The van der Waals surface area contributed by atoms with Crippen LogP contribution in [0.3, 0.4) is 0 Å². The van der Waals surface area contributed by atoms with Crippen LogP contribution in [0.15, 0.2) is 65.0 Å². The van der Waals surface area contributed by atoms with E-state index in [9.17, 15) is 9.59 Å². The van der Waals surface area contributed by atoms with Crippen LogP contribution in [0.5, 0.6) is 0 Å². The predicted molar refractivity (Wildman–Crippen MR) is 121 cm³/mol. The average molecular weight is 408 g/mol. The second-order valence-corrected chi connectivity index (χ2v) is 7.36. The summed E-state index contributed by atoms with van der Waals surface area (Å²) in [5, 5.41) is 3.80. The van der Waals surface area contributed by atoms with Gasteiger partial charge in [-0.3, -0.25) is 9.59 Å². The van der Waals surface area contributed by atoms with Crippen molar-refractivity contribution in [2.75, 3.05) is 13.7 Å². The second kappa shape index (κ2) is 9.96. The molecule has 6 nitrogen and oxygen atoms in total. The van der Waals surface area contributed by atoms with E-state index in [1.807, 2.05) is 44.3 Å². The number of hydrogen-bond donors (Lipinski definition) is 2. The number of ether oxygens (including phenoxy) is 1. The maximum absolute atomic E-state index is 12.6. The monoisotopic (exact) mass is 407 g/mol. The highest BCUT2D eigenvalue weighted by Gasteiger charge is 2.21. The lowest BCUT2D eigenvalue weighted by Crippen LogP contribution is -2.26. The highest BCUT2D eigenvalue weighted by atomic mass is 16.5. The van der Waals surface area contributed by atoms with E-state index in [0.717, 1.165) is 17.5 Å². The number of pyridine rings is 1. The van der Waals surface area contributed by atoms with Crippen LogP contribution >= 0.6 is 0 Å². The molecule has 2 N–H and O–H groups in total. The van der Waals surface area contributed by atoms with Crippen molar-refractivity contribution in [3.8, 4) is 0 Å². The van der Waals surface area contributed by atoms with E-state index in [2.05, 4.69) is 10.3 Å². The first-order valence-electron chi connectivity index (χ1n) is 10.3. The average Bonchev–Trinajstić information content (AvgIpc) is 3.45. The molecule has 0 aliphatic heterocycles. The fraction of sp³-hybridized carbons (Fsp3) is 0.333. The molecule has 0 aromatic carbocycles. The van der Waals surface area contributed by atoms with Gasteiger partial charge < -0.3 is 19.6 Å². The van der Waals surface area contributed by atoms with E-state index in [0.29, 0.717) is 29.3 Å². The van der Waals surface area contributed by atoms with Crippen LogP contribution in [-0.2, 0) is 16.1 Å². The Morgan fingerprint density at radius 1 is 1.33 bits per heavy atom. The Kier molecular flexibility index (Phi) is 7.12. The Balaban J connectivity index is 1.87. The van der Waals surface area contributed by atoms with Crippen LogP contribution in [0, 0.1) is 5.92 Å². The van der Waals surface area contributed by atoms with Crippen molar-refractivity contribution < 1.29 is 9.53 Å². The zero-order valence-electron chi connectivity index (χ0n) is 17.8. The molecule has 1 aliphatic rings. The van der Waals surface area contributed by atoms with Crippen molar-refractivity contribution in [3.05, 3.63) is 76.1 Å². The number of allylic oxidation sites excluding steroid dienone is 4. The van der Waals surface area contributed by atoms with E-state index in [1.165, 1.54) is 12.8 Å². The van der Waals surface area contributed by atoms with Gasteiger partial charge in [-0.15, -0.1) is 0 Å². The number of carbonyl (C=O) groups excluding carboxylic acids is 1. The zero-order chi connectivity index (χ0) is 21.5. The molecule has 6 heteroatoms. The summed E-state index contributed by atoms with van der Waals surface area (Å²) < 4.78 is 7.17. The Labute approximate surface area is 176 Å². The minimum Gasteiger partial charge on any atom is -0.497 e. The second-order valence-electron chi connectivity index (χ2n) is 7.36. The van der Waals surface area contributed by atoms with Gasteiger partial charge in [0.15, 0.2) is 0 Å². The van der Waals surface area contributed by atoms with E-state index in [1.54, 1.807) is 36.1 Å². The quantitative estimate of drug-likeness (QED) is 0.286. The fourth-order valence-electron chi connectivity index (χ4n) is 3.16. The predicted octanol–water partition coefficient (Wildman–Crippen LogP) is 3.92. The van der Waals surface area contributed by atoms with Gasteiger partial charge in [0, 0.05) is 42.0 Å². The number of aromatic amines is 1. The molecular weight excluding hydrogens is 378 g/mol. The summed E-state index contributed by atoms with van der Waals surface area (Å²) >= 11 is 0. The summed E-state index contributed by atoms with van der Waals surface area (Å²) in [6.07, 6.45) is 17.0. The van der Waals surface area contributed by atoms with Crippen LogP contribution in [0.25, 0.3) is 17.0 Å². The van der Waals surface area contributed by atoms with E-state index >= 15 is 0 Å². The topological polar surface area (TPSA) is 76.1 Å². The number of rotatable bonds is 9. The van der Waals surface area contributed by atoms with Crippen LogP contribution in [0.1, 0.15) is 32.3 Å². The summed E-state index contributed by atoms with van der Waals surface area (Å²) in [4.78, 5) is 28.0. The zero-order valence-corrected chi connectivity index (χ0v) is 17.8. The lowest BCUT2D eigenvalue weighted by molar-refractivity contribution is -0.117. The molecule has 2 heterocycles. The Morgan fingerprint density at radius 2 is 2.13 bits per heavy atom. The van der Waals surface area contributed by atoms with Gasteiger partial charge in [0.25, 0.3) is 11.5 Å². The standard InChI is InChI=1S/C24H29N3O3/c1-4-6-13-27-16-19(21-11-12-25-22(21)24(27)29)14-20(30-3)10-9-18(5-2)23(28)26-15-17-7-8-17/h4-6,9-12,14,16-17,25H,7-8,13,15H2,1-3H3,(H,26,28)/b6-4+,10-9-,18-5+,20-14-. The number of methoxy groups -OCH3 is 1. The summed E-state index contributed by atoms with van der Waals surface area (Å²) in [7, 11) is 1.59. The van der Waals surface area contributed by atoms with Gasteiger partial charge >= 0.3 is 0 Å². The number of fused-ring (bicyclic) bond motifs is 1. The lowest BCUT2D eigenvalue weighted by Gasteiger charge is -2.08. The van der Waals surface area contributed by atoms with Crippen molar-refractivity contribution in [1.82, 2.24) is 14.9 Å². The molecule has 30 heavy (non-hydrogen) atoms.